The smallest absolute Gasteiger partial charge is 0.313 e. The van der Waals surface area contributed by atoms with E-state index in [-0.39, 0.29) is 22.5 Å². The summed E-state index contributed by atoms with van der Waals surface area (Å²) < 4.78 is 6.02. The van der Waals surface area contributed by atoms with E-state index in [1.807, 2.05) is 0 Å². The van der Waals surface area contributed by atoms with Gasteiger partial charge in [0, 0.05) is 16.1 Å². The molecule has 2 rings (SSSR count). The number of rotatable bonds is 3. The summed E-state index contributed by atoms with van der Waals surface area (Å²) in [5.74, 6) is 0.214. The average Bonchev–Trinajstić information content (AvgIpc) is 2.32. The zero-order valence-corrected chi connectivity index (χ0v) is 12.0. The molecule has 6 nitrogen and oxygen atoms in total. The summed E-state index contributed by atoms with van der Waals surface area (Å²) in [4.78, 5) is 18.2. The molecule has 1 heterocycles. The minimum atomic E-state index is -0.523. The third kappa shape index (κ3) is 3.18. The van der Waals surface area contributed by atoms with Crippen LogP contribution in [0.4, 0.5) is 5.69 Å². The molecule has 0 bridgehead atoms. The largest absolute Gasteiger partial charge is 0.430 e. The minimum Gasteiger partial charge on any atom is -0.430 e. The SMILES string of the molecule is Cc1cc(Br)cc([N+](=O)[O-])c1Oc1cncc(Cl)n1. The van der Waals surface area contributed by atoms with Crippen LogP contribution in [0.1, 0.15) is 5.56 Å². The van der Waals surface area contributed by atoms with E-state index < -0.39 is 4.92 Å². The molecule has 0 aliphatic carbocycles. The fraction of sp³-hybridized carbons (Fsp3) is 0.0909. The van der Waals surface area contributed by atoms with Gasteiger partial charge in [-0.05, 0) is 13.0 Å². The van der Waals surface area contributed by atoms with Crippen molar-refractivity contribution in [1.29, 1.82) is 0 Å². The van der Waals surface area contributed by atoms with Crippen LogP contribution in [0, 0.1) is 17.0 Å². The van der Waals surface area contributed by atoms with Gasteiger partial charge in [0.1, 0.15) is 0 Å². The third-order valence-corrected chi connectivity index (χ3v) is 2.85. The molecule has 98 valence electrons. The third-order valence-electron chi connectivity index (χ3n) is 2.21. The molecule has 0 amide bonds. The molecule has 2 aromatic rings. The minimum absolute atomic E-state index is 0.0982. The second kappa shape index (κ2) is 5.50. The Bertz CT molecular complexity index is 651. The van der Waals surface area contributed by atoms with Crippen LogP contribution in [0.2, 0.25) is 5.15 Å². The number of ether oxygens (including phenoxy) is 1. The van der Waals surface area contributed by atoms with E-state index in [1.165, 1.54) is 18.5 Å². The van der Waals surface area contributed by atoms with Crippen LogP contribution < -0.4 is 4.74 Å². The zero-order valence-electron chi connectivity index (χ0n) is 9.63. The highest BCUT2D eigenvalue weighted by Gasteiger charge is 2.20. The van der Waals surface area contributed by atoms with E-state index in [0.29, 0.717) is 10.0 Å². The van der Waals surface area contributed by atoms with Crippen LogP contribution >= 0.6 is 27.5 Å². The van der Waals surface area contributed by atoms with E-state index in [9.17, 15) is 10.1 Å². The lowest BCUT2D eigenvalue weighted by atomic mass is 10.2. The van der Waals surface area contributed by atoms with Gasteiger partial charge in [0.15, 0.2) is 5.15 Å². The number of nitro benzene ring substituents is 1. The topological polar surface area (TPSA) is 78.2 Å². The number of hydrogen-bond donors (Lipinski definition) is 0. The van der Waals surface area contributed by atoms with E-state index in [2.05, 4.69) is 25.9 Å². The number of hydrogen-bond acceptors (Lipinski definition) is 5. The predicted molar refractivity (Wildman–Crippen MR) is 72.6 cm³/mol. The Labute approximate surface area is 121 Å². The van der Waals surface area contributed by atoms with Crippen molar-refractivity contribution in [3.8, 4) is 11.6 Å². The first-order valence-electron chi connectivity index (χ1n) is 5.07. The quantitative estimate of drug-likeness (QED) is 0.623. The van der Waals surface area contributed by atoms with Gasteiger partial charge in [0.25, 0.3) is 0 Å². The van der Waals surface area contributed by atoms with Crippen molar-refractivity contribution in [2.75, 3.05) is 0 Å². The molecule has 0 N–H and O–H groups in total. The van der Waals surface area contributed by atoms with E-state index in [1.54, 1.807) is 13.0 Å². The summed E-state index contributed by atoms with van der Waals surface area (Å²) in [6.45, 7) is 1.70. The second-order valence-corrected chi connectivity index (χ2v) is 4.91. The number of nitro groups is 1. The first-order valence-corrected chi connectivity index (χ1v) is 6.24. The van der Waals surface area contributed by atoms with Gasteiger partial charge in [-0.2, -0.15) is 4.98 Å². The molecule has 8 heteroatoms. The van der Waals surface area contributed by atoms with Crippen LogP contribution in [-0.2, 0) is 0 Å². The van der Waals surface area contributed by atoms with Crippen molar-refractivity contribution >= 4 is 33.2 Å². The van der Waals surface area contributed by atoms with Crippen molar-refractivity contribution in [1.82, 2.24) is 9.97 Å². The summed E-state index contributed by atoms with van der Waals surface area (Å²) >= 11 is 8.89. The number of halogens is 2. The van der Waals surface area contributed by atoms with Crippen molar-refractivity contribution in [3.63, 3.8) is 0 Å². The Morgan fingerprint density at radius 3 is 2.79 bits per heavy atom. The molecule has 1 aromatic carbocycles. The monoisotopic (exact) mass is 343 g/mol. The van der Waals surface area contributed by atoms with Crippen LogP contribution in [-0.4, -0.2) is 14.9 Å². The molecule has 0 aliphatic heterocycles. The molecule has 0 saturated carbocycles. The van der Waals surface area contributed by atoms with Gasteiger partial charge in [0.2, 0.25) is 11.6 Å². The van der Waals surface area contributed by atoms with Gasteiger partial charge in [-0.1, -0.05) is 27.5 Å². The molecule has 0 aliphatic rings. The normalized spacial score (nSPS) is 10.3. The van der Waals surface area contributed by atoms with Crippen LogP contribution in [0.15, 0.2) is 29.0 Å². The average molecular weight is 345 g/mol. The van der Waals surface area contributed by atoms with Gasteiger partial charge in [-0.15, -0.1) is 0 Å². The summed E-state index contributed by atoms with van der Waals surface area (Å²) in [6, 6.07) is 3.07. The highest BCUT2D eigenvalue weighted by molar-refractivity contribution is 9.10. The standard InChI is InChI=1S/C11H7BrClN3O3/c1-6-2-7(12)3-8(16(17)18)11(6)19-10-5-14-4-9(13)15-10/h2-5H,1H3. The zero-order chi connectivity index (χ0) is 14.0. The predicted octanol–water partition coefficient (Wildman–Crippen LogP) is 3.90. The van der Waals surface area contributed by atoms with E-state index in [0.717, 1.165) is 0 Å². The Morgan fingerprint density at radius 1 is 1.42 bits per heavy atom. The van der Waals surface area contributed by atoms with E-state index in [4.69, 9.17) is 16.3 Å². The van der Waals surface area contributed by atoms with E-state index >= 15 is 0 Å². The van der Waals surface area contributed by atoms with Gasteiger partial charge in [-0.3, -0.25) is 15.1 Å². The highest BCUT2D eigenvalue weighted by atomic mass is 79.9. The lowest BCUT2D eigenvalue weighted by Crippen LogP contribution is -1.97. The van der Waals surface area contributed by atoms with Gasteiger partial charge in [-0.25, -0.2) is 0 Å². The fourth-order valence-electron chi connectivity index (χ4n) is 1.46. The Balaban J connectivity index is 2.47. The number of aryl methyl sites for hydroxylation is 1. The van der Waals surface area contributed by atoms with Gasteiger partial charge < -0.3 is 4.74 Å². The molecule has 0 radical (unpaired) electrons. The lowest BCUT2D eigenvalue weighted by molar-refractivity contribution is -0.385. The lowest BCUT2D eigenvalue weighted by Gasteiger charge is -2.08. The van der Waals surface area contributed by atoms with Crippen LogP contribution in [0.3, 0.4) is 0 Å². The second-order valence-electron chi connectivity index (χ2n) is 3.61. The maximum Gasteiger partial charge on any atom is 0.313 e. The van der Waals surface area contributed by atoms with Crippen molar-refractivity contribution < 1.29 is 9.66 Å². The van der Waals surface area contributed by atoms with Crippen LogP contribution in [0.5, 0.6) is 11.6 Å². The first kappa shape index (κ1) is 13.7. The molecule has 0 saturated heterocycles. The number of aromatic nitrogens is 2. The van der Waals surface area contributed by atoms with Crippen LogP contribution in [0.25, 0.3) is 0 Å². The molecular formula is C11H7BrClN3O3. The van der Waals surface area contributed by atoms with Crippen molar-refractivity contribution in [2.24, 2.45) is 0 Å². The molecular weight excluding hydrogens is 337 g/mol. The molecule has 1 aromatic heterocycles. The Hall–Kier alpha value is -1.73. The molecule has 0 atom stereocenters. The van der Waals surface area contributed by atoms with Gasteiger partial charge in [0.05, 0.1) is 17.3 Å². The maximum atomic E-state index is 11.0. The molecule has 0 unspecified atom stereocenters. The number of nitrogens with zero attached hydrogens (tertiary/aromatic N) is 3. The fourth-order valence-corrected chi connectivity index (χ4v) is 2.16. The summed E-state index contributed by atoms with van der Waals surface area (Å²) in [7, 11) is 0. The number of benzene rings is 1. The van der Waals surface area contributed by atoms with Crippen molar-refractivity contribution in [2.45, 2.75) is 6.92 Å². The summed E-state index contributed by atoms with van der Waals surface area (Å²) in [5.41, 5.74) is 0.441. The Morgan fingerprint density at radius 2 is 2.16 bits per heavy atom. The molecule has 0 fully saturated rings. The molecule has 0 spiro atoms. The van der Waals surface area contributed by atoms with Crippen molar-refractivity contribution in [3.05, 3.63) is 49.8 Å². The maximum absolute atomic E-state index is 11.0. The Kier molecular flexibility index (Phi) is 3.96. The summed E-state index contributed by atoms with van der Waals surface area (Å²) in [5, 5.41) is 11.2. The highest BCUT2D eigenvalue weighted by Crippen LogP contribution is 2.36. The first-order chi connectivity index (χ1) is 8.97. The summed E-state index contributed by atoms with van der Waals surface area (Å²) in [6.07, 6.45) is 2.67. The molecule has 19 heavy (non-hydrogen) atoms. The van der Waals surface area contributed by atoms with Gasteiger partial charge >= 0.3 is 5.69 Å².